The molecule has 0 bridgehead atoms. The van der Waals surface area contributed by atoms with E-state index in [1.165, 1.54) is 74.5 Å². The Bertz CT molecular complexity index is 4300. The molecular weight excluding hydrogens is 1050 g/mol. The molecule has 2 aromatic heterocycles. The van der Waals surface area contributed by atoms with Gasteiger partial charge < -0.3 is 4.57 Å². The second kappa shape index (κ2) is 20.7. The summed E-state index contributed by atoms with van der Waals surface area (Å²) in [5.74, 6) is 1.81. The van der Waals surface area contributed by atoms with E-state index in [-0.39, 0.29) is 5.41 Å². The summed E-state index contributed by atoms with van der Waals surface area (Å²) in [5.41, 5.74) is 10.8. The lowest BCUT2D eigenvalue weighted by Gasteiger charge is -2.34. The molecule has 2 heterocycles. The van der Waals surface area contributed by atoms with Crippen LogP contribution in [-0.2, 0) is 5.41 Å². The summed E-state index contributed by atoms with van der Waals surface area (Å²) < 4.78 is 2.45. The van der Waals surface area contributed by atoms with Gasteiger partial charge in [-0.15, -0.1) is 0 Å². The molecule has 398 valence electrons. The van der Waals surface area contributed by atoms with Crippen molar-refractivity contribution in [2.75, 3.05) is 0 Å². The van der Waals surface area contributed by atoms with Gasteiger partial charge in [-0.2, -0.15) is 0 Å². The zero-order valence-electron chi connectivity index (χ0n) is 46.8. The monoisotopic (exact) mass is 1110 g/mol. The van der Waals surface area contributed by atoms with Gasteiger partial charge in [0.1, 0.15) is 0 Å². The molecule has 0 N–H and O–H groups in total. The highest BCUT2D eigenvalue weighted by molar-refractivity contribution is 7.20. The Morgan fingerprint density at radius 1 is 0.274 bits per heavy atom. The summed E-state index contributed by atoms with van der Waals surface area (Å²) in [7, 11) is -5.94. The molecule has 6 heteroatoms. The van der Waals surface area contributed by atoms with Crippen LogP contribution in [0.15, 0.2) is 315 Å². The third-order valence-electron chi connectivity index (χ3n) is 17.7. The molecule has 0 atom stereocenters. The fourth-order valence-corrected chi connectivity index (χ4v) is 23.5. The van der Waals surface area contributed by atoms with Crippen LogP contribution in [0.4, 0.5) is 0 Å². The molecule has 0 spiro atoms. The Morgan fingerprint density at radius 3 is 1.04 bits per heavy atom. The molecule has 1 aliphatic carbocycles. The van der Waals surface area contributed by atoms with Crippen LogP contribution in [0.1, 0.15) is 25.0 Å². The fraction of sp³-hybridized carbons (Fsp3) is 0.0385. The SMILES string of the molecule is CC1(C)c2ccccc2-c2cc(-c3nc(-c4cccc([Si](c5ccccc5)(c5ccccc5)c5ccccc5)c4)nc(-c4cccc([Si](c5ccccc5)(c5ccccc5)c5ccccc5)c4)n3)c(-n3c4ccccc4c4ccccc43)cc21. The number of nitrogens with zero attached hydrogens (tertiary/aromatic N) is 4. The van der Waals surface area contributed by atoms with Crippen LogP contribution < -0.4 is 41.5 Å². The van der Waals surface area contributed by atoms with E-state index in [9.17, 15) is 0 Å². The van der Waals surface area contributed by atoms with Crippen molar-refractivity contribution in [3.05, 3.63) is 327 Å². The Balaban J connectivity index is 1.04. The maximum atomic E-state index is 5.79. The Kier molecular flexibility index (Phi) is 12.5. The second-order valence-electron chi connectivity index (χ2n) is 22.6. The van der Waals surface area contributed by atoms with Crippen LogP contribution >= 0.6 is 0 Å². The van der Waals surface area contributed by atoms with E-state index >= 15 is 0 Å². The van der Waals surface area contributed by atoms with Crippen molar-refractivity contribution in [1.29, 1.82) is 0 Å². The topological polar surface area (TPSA) is 43.6 Å². The van der Waals surface area contributed by atoms with E-state index in [4.69, 9.17) is 15.0 Å². The van der Waals surface area contributed by atoms with Gasteiger partial charge in [-0.05, 0) is 88.0 Å². The van der Waals surface area contributed by atoms with Gasteiger partial charge in [-0.1, -0.05) is 305 Å². The number of para-hydroxylation sites is 2. The minimum atomic E-state index is -2.97. The van der Waals surface area contributed by atoms with E-state index in [1.807, 2.05) is 0 Å². The summed E-state index contributed by atoms with van der Waals surface area (Å²) in [4.78, 5) is 17.3. The quantitative estimate of drug-likeness (QED) is 0.0904. The van der Waals surface area contributed by atoms with Gasteiger partial charge in [-0.3, -0.25) is 0 Å². The first-order chi connectivity index (χ1) is 41.4. The second-order valence-corrected chi connectivity index (χ2v) is 30.2. The maximum absolute atomic E-state index is 5.79. The Morgan fingerprint density at radius 2 is 0.619 bits per heavy atom. The number of fused-ring (bicyclic) bond motifs is 6. The van der Waals surface area contributed by atoms with Crippen molar-refractivity contribution in [3.63, 3.8) is 0 Å². The van der Waals surface area contributed by atoms with Crippen LogP contribution in [0, 0.1) is 0 Å². The molecular formula is C78H58N4Si2. The van der Waals surface area contributed by atoms with Gasteiger partial charge in [0.2, 0.25) is 0 Å². The third-order valence-corrected chi connectivity index (χ3v) is 27.3. The molecule has 15 rings (SSSR count). The highest BCUT2D eigenvalue weighted by atomic mass is 28.3. The molecule has 14 aromatic rings. The Labute approximate surface area is 492 Å². The van der Waals surface area contributed by atoms with E-state index in [0.29, 0.717) is 17.5 Å². The smallest absolute Gasteiger partial charge is 0.179 e. The normalized spacial score (nSPS) is 12.7. The number of benzene rings is 12. The predicted molar refractivity (Wildman–Crippen MR) is 355 cm³/mol. The average Bonchev–Trinajstić information content (AvgIpc) is 3.61. The molecule has 0 amide bonds. The van der Waals surface area contributed by atoms with Gasteiger partial charge in [0, 0.05) is 32.9 Å². The van der Waals surface area contributed by atoms with E-state index in [1.54, 1.807) is 0 Å². The number of rotatable bonds is 12. The first-order valence-electron chi connectivity index (χ1n) is 29.0. The molecule has 12 aromatic carbocycles. The van der Waals surface area contributed by atoms with Crippen LogP contribution in [0.25, 0.3) is 72.8 Å². The minimum absolute atomic E-state index is 0.270. The van der Waals surface area contributed by atoms with Gasteiger partial charge in [0.25, 0.3) is 0 Å². The average molecular weight is 1110 g/mol. The lowest BCUT2D eigenvalue weighted by Crippen LogP contribution is -2.74. The summed E-state index contributed by atoms with van der Waals surface area (Å²) >= 11 is 0. The van der Waals surface area contributed by atoms with Crippen molar-refractivity contribution in [3.8, 4) is 51.0 Å². The van der Waals surface area contributed by atoms with Crippen LogP contribution in [0.5, 0.6) is 0 Å². The third kappa shape index (κ3) is 8.12. The van der Waals surface area contributed by atoms with Crippen LogP contribution in [0.3, 0.4) is 0 Å². The largest absolute Gasteiger partial charge is 0.308 e. The van der Waals surface area contributed by atoms with Crippen molar-refractivity contribution in [1.82, 2.24) is 19.5 Å². The predicted octanol–water partition coefficient (Wildman–Crippen LogP) is 13.0. The number of hydrogen-bond acceptors (Lipinski definition) is 3. The van der Waals surface area contributed by atoms with Crippen molar-refractivity contribution in [2.45, 2.75) is 19.3 Å². The first-order valence-corrected chi connectivity index (χ1v) is 33.0. The van der Waals surface area contributed by atoms with E-state index < -0.39 is 16.1 Å². The minimum Gasteiger partial charge on any atom is -0.308 e. The van der Waals surface area contributed by atoms with Crippen molar-refractivity contribution in [2.24, 2.45) is 0 Å². The number of aromatic nitrogens is 4. The summed E-state index contributed by atoms with van der Waals surface area (Å²) in [6.45, 7) is 4.72. The Hall–Kier alpha value is -10.1. The van der Waals surface area contributed by atoms with Gasteiger partial charge >= 0.3 is 0 Å². The molecule has 0 saturated carbocycles. The molecule has 1 aliphatic rings. The molecule has 4 nitrogen and oxygen atoms in total. The summed E-state index contributed by atoms with van der Waals surface area (Å²) in [6, 6.07) is 116. The van der Waals surface area contributed by atoms with Gasteiger partial charge in [0.05, 0.1) is 16.7 Å². The fourth-order valence-electron chi connectivity index (χ4n) is 13.9. The van der Waals surface area contributed by atoms with Crippen LogP contribution in [0.2, 0.25) is 0 Å². The van der Waals surface area contributed by atoms with Crippen molar-refractivity contribution < 1.29 is 0 Å². The summed E-state index contributed by atoms with van der Waals surface area (Å²) in [5, 5.41) is 12.7. The zero-order valence-corrected chi connectivity index (χ0v) is 48.8. The molecule has 0 unspecified atom stereocenters. The number of hydrogen-bond donors (Lipinski definition) is 0. The lowest BCUT2D eigenvalue weighted by atomic mass is 9.82. The standard InChI is InChI=1S/C78H58N4Si2/c1-78(2)70-48-24-21-45-65(70)68-53-69(74(54-71(68)78)82-72-49-25-22-46-66(72)67-47-23-26-50-73(67)82)77-80-75(55-29-27-43-63(51-55)83(57-31-9-3-10-32-57,58-33-11-4-12-34-58)59-35-13-5-14-36-59)79-76(81-77)56-30-28-44-64(52-56)84(60-37-15-6-16-38-60,61-39-17-7-18-40-61)62-41-19-8-20-42-62/h3-54H,1-2H3. The molecule has 0 radical (unpaired) electrons. The van der Waals surface area contributed by atoms with Gasteiger partial charge in [0.15, 0.2) is 33.6 Å². The van der Waals surface area contributed by atoms with E-state index in [2.05, 4.69) is 334 Å². The lowest BCUT2D eigenvalue weighted by molar-refractivity contribution is 0.660. The van der Waals surface area contributed by atoms with Gasteiger partial charge in [-0.25, -0.2) is 15.0 Å². The summed E-state index contributed by atoms with van der Waals surface area (Å²) in [6.07, 6.45) is 0. The maximum Gasteiger partial charge on any atom is 0.179 e. The molecule has 0 saturated heterocycles. The van der Waals surface area contributed by atoms with E-state index in [0.717, 1.165) is 33.4 Å². The molecule has 84 heavy (non-hydrogen) atoms. The van der Waals surface area contributed by atoms with Crippen molar-refractivity contribution >= 4 is 79.4 Å². The molecule has 0 fully saturated rings. The highest BCUT2D eigenvalue weighted by Gasteiger charge is 2.44. The first kappa shape index (κ1) is 50.8. The highest BCUT2D eigenvalue weighted by Crippen LogP contribution is 2.51. The zero-order chi connectivity index (χ0) is 56.2. The molecule has 0 aliphatic heterocycles. The van der Waals surface area contributed by atoms with Crippen LogP contribution in [-0.4, -0.2) is 35.7 Å².